The van der Waals surface area contributed by atoms with Gasteiger partial charge in [-0.3, -0.25) is 4.79 Å². The summed E-state index contributed by atoms with van der Waals surface area (Å²) in [6.45, 7) is -0.588. The Hall–Kier alpha value is -0.770. The minimum Gasteiger partial charge on any atom is -0.479 e. The molecule has 0 fully saturated rings. The van der Waals surface area contributed by atoms with Crippen molar-refractivity contribution < 1.29 is 19.4 Å². The van der Waals surface area contributed by atoms with Crippen LogP contribution in [0.2, 0.25) is 0 Å². The summed E-state index contributed by atoms with van der Waals surface area (Å²) in [5.41, 5.74) is 0. The van der Waals surface area contributed by atoms with Crippen LogP contribution in [0.3, 0.4) is 0 Å². The van der Waals surface area contributed by atoms with E-state index in [9.17, 15) is 9.59 Å². The molecule has 0 saturated heterocycles. The van der Waals surface area contributed by atoms with Crippen molar-refractivity contribution in [2.24, 2.45) is 0 Å². The van der Waals surface area contributed by atoms with Gasteiger partial charge in [-0.25, -0.2) is 4.79 Å². The topological polar surface area (TPSA) is 63.6 Å². The van der Waals surface area contributed by atoms with Crippen LogP contribution in [0.1, 0.15) is 6.42 Å². The molecule has 1 N–H and O–H groups in total. The fourth-order valence-electron chi connectivity index (χ4n) is 0.292. The summed E-state index contributed by atoms with van der Waals surface area (Å²) >= 11 is 5.16. The van der Waals surface area contributed by atoms with Crippen molar-refractivity contribution >= 4 is 23.5 Å². The third-order valence-corrected chi connectivity index (χ3v) is 0.844. The lowest BCUT2D eigenvalue weighted by molar-refractivity contribution is -0.154. The monoisotopic (exact) mass is 166 g/mol. The maximum Gasteiger partial charge on any atom is 0.341 e. The van der Waals surface area contributed by atoms with Crippen LogP contribution in [0.4, 0.5) is 0 Å². The SMILES string of the molecule is O=C(O)COC(=O)CCCl. The molecule has 0 rings (SSSR count). The van der Waals surface area contributed by atoms with Crippen LogP contribution in [0, 0.1) is 0 Å². The molecule has 0 amide bonds. The first-order valence-corrected chi connectivity index (χ1v) is 3.13. The molecule has 0 atom stereocenters. The number of carbonyl (C=O) groups excluding carboxylic acids is 1. The molecule has 0 unspecified atom stereocenters. The number of esters is 1. The zero-order chi connectivity index (χ0) is 7.98. The van der Waals surface area contributed by atoms with Gasteiger partial charge in [0, 0.05) is 5.88 Å². The smallest absolute Gasteiger partial charge is 0.341 e. The number of alkyl halides is 1. The number of carbonyl (C=O) groups is 2. The van der Waals surface area contributed by atoms with E-state index in [0.29, 0.717) is 0 Å². The molecule has 0 aliphatic rings. The average molecular weight is 167 g/mol. The second-order valence-electron chi connectivity index (χ2n) is 1.49. The molecular formula is C5H7ClO4. The van der Waals surface area contributed by atoms with E-state index in [-0.39, 0.29) is 12.3 Å². The molecule has 0 saturated carbocycles. The van der Waals surface area contributed by atoms with Gasteiger partial charge in [0.2, 0.25) is 0 Å². The number of halogens is 1. The highest BCUT2D eigenvalue weighted by Gasteiger charge is 2.03. The van der Waals surface area contributed by atoms with Crippen molar-refractivity contribution in [1.82, 2.24) is 0 Å². The van der Waals surface area contributed by atoms with E-state index in [1.165, 1.54) is 0 Å². The fourth-order valence-corrected chi connectivity index (χ4v) is 0.446. The Labute approximate surface area is 62.7 Å². The molecule has 0 aliphatic heterocycles. The second-order valence-corrected chi connectivity index (χ2v) is 1.87. The standard InChI is InChI=1S/C5H7ClO4/c6-2-1-5(9)10-3-4(7)8/h1-3H2,(H,7,8). The van der Waals surface area contributed by atoms with Crippen molar-refractivity contribution in [3.05, 3.63) is 0 Å². The number of rotatable bonds is 4. The van der Waals surface area contributed by atoms with E-state index >= 15 is 0 Å². The van der Waals surface area contributed by atoms with Crippen LogP contribution < -0.4 is 0 Å². The molecule has 0 heterocycles. The first-order chi connectivity index (χ1) is 4.66. The van der Waals surface area contributed by atoms with Gasteiger partial charge in [-0.15, -0.1) is 11.6 Å². The Balaban J connectivity index is 3.30. The Morgan fingerprint density at radius 2 is 2.10 bits per heavy atom. The summed E-state index contributed by atoms with van der Waals surface area (Å²) in [5, 5.41) is 8.02. The minimum atomic E-state index is -1.16. The van der Waals surface area contributed by atoms with E-state index in [1.54, 1.807) is 0 Å². The lowest BCUT2D eigenvalue weighted by atomic mass is 10.5. The summed E-state index contributed by atoms with van der Waals surface area (Å²) < 4.78 is 4.22. The fraction of sp³-hybridized carbons (Fsp3) is 0.600. The minimum absolute atomic E-state index is 0.0504. The maximum absolute atomic E-state index is 10.4. The number of ether oxygens (including phenoxy) is 1. The molecule has 0 aromatic carbocycles. The second kappa shape index (κ2) is 5.05. The van der Waals surface area contributed by atoms with Crippen LogP contribution >= 0.6 is 11.6 Å². The normalized spacial score (nSPS) is 8.90. The van der Waals surface area contributed by atoms with E-state index in [0.717, 1.165) is 0 Å². The van der Waals surface area contributed by atoms with Crippen LogP contribution in [-0.2, 0) is 14.3 Å². The van der Waals surface area contributed by atoms with Crippen LogP contribution in [0.5, 0.6) is 0 Å². The molecule has 5 heteroatoms. The zero-order valence-electron chi connectivity index (χ0n) is 5.17. The first kappa shape index (κ1) is 9.23. The summed E-state index contributed by atoms with van der Waals surface area (Å²) in [5.74, 6) is -1.60. The van der Waals surface area contributed by atoms with Crippen LogP contribution in [-0.4, -0.2) is 29.5 Å². The zero-order valence-corrected chi connectivity index (χ0v) is 5.93. The number of hydrogen-bond acceptors (Lipinski definition) is 3. The molecule has 10 heavy (non-hydrogen) atoms. The van der Waals surface area contributed by atoms with E-state index in [1.807, 2.05) is 0 Å². The lowest BCUT2D eigenvalue weighted by Crippen LogP contribution is -2.12. The Morgan fingerprint density at radius 1 is 1.50 bits per heavy atom. The maximum atomic E-state index is 10.4. The van der Waals surface area contributed by atoms with Crippen molar-refractivity contribution in [2.45, 2.75) is 6.42 Å². The highest BCUT2D eigenvalue weighted by Crippen LogP contribution is 1.88. The molecular weight excluding hydrogens is 160 g/mol. The van der Waals surface area contributed by atoms with Crippen LogP contribution in [0.25, 0.3) is 0 Å². The number of aliphatic carboxylic acids is 1. The molecule has 58 valence electrons. The van der Waals surface area contributed by atoms with Gasteiger partial charge in [0.05, 0.1) is 6.42 Å². The van der Waals surface area contributed by atoms with Gasteiger partial charge in [0.25, 0.3) is 0 Å². The molecule has 0 bridgehead atoms. The van der Waals surface area contributed by atoms with Gasteiger partial charge in [-0.2, -0.15) is 0 Å². The third kappa shape index (κ3) is 5.37. The van der Waals surface area contributed by atoms with Gasteiger partial charge < -0.3 is 9.84 Å². The largest absolute Gasteiger partial charge is 0.479 e. The lowest BCUT2D eigenvalue weighted by Gasteiger charge is -1.97. The highest BCUT2D eigenvalue weighted by molar-refractivity contribution is 6.18. The van der Waals surface area contributed by atoms with Crippen molar-refractivity contribution in [3.63, 3.8) is 0 Å². The molecule has 0 aromatic heterocycles. The number of carboxylic acid groups (broad SMARTS) is 1. The van der Waals surface area contributed by atoms with E-state index in [4.69, 9.17) is 16.7 Å². The van der Waals surface area contributed by atoms with Gasteiger partial charge >= 0.3 is 11.9 Å². The molecule has 0 aliphatic carbocycles. The number of carboxylic acids is 1. The average Bonchev–Trinajstić information content (AvgIpc) is 1.85. The van der Waals surface area contributed by atoms with E-state index in [2.05, 4.69) is 4.74 Å². The third-order valence-electron chi connectivity index (χ3n) is 0.655. The summed E-state index contributed by atoms with van der Waals surface area (Å²) in [4.78, 5) is 20.2. The molecule has 0 radical (unpaired) electrons. The highest BCUT2D eigenvalue weighted by atomic mass is 35.5. The van der Waals surface area contributed by atoms with Crippen LogP contribution in [0.15, 0.2) is 0 Å². The van der Waals surface area contributed by atoms with Crippen molar-refractivity contribution in [2.75, 3.05) is 12.5 Å². The Bertz CT molecular complexity index is 134. The molecule has 4 nitrogen and oxygen atoms in total. The summed E-state index contributed by atoms with van der Waals surface area (Å²) in [7, 11) is 0. The van der Waals surface area contributed by atoms with Crippen molar-refractivity contribution in [3.8, 4) is 0 Å². The molecule has 0 aromatic rings. The Morgan fingerprint density at radius 3 is 2.50 bits per heavy atom. The van der Waals surface area contributed by atoms with Gasteiger partial charge in [-0.1, -0.05) is 0 Å². The van der Waals surface area contributed by atoms with Gasteiger partial charge in [0.1, 0.15) is 0 Å². The quantitative estimate of drug-likeness (QED) is 0.480. The Kier molecular flexibility index (Phi) is 4.66. The number of hydrogen-bond donors (Lipinski definition) is 1. The van der Waals surface area contributed by atoms with E-state index < -0.39 is 18.5 Å². The van der Waals surface area contributed by atoms with Crippen molar-refractivity contribution in [1.29, 1.82) is 0 Å². The first-order valence-electron chi connectivity index (χ1n) is 2.60. The van der Waals surface area contributed by atoms with Gasteiger partial charge in [-0.05, 0) is 0 Å². The summed E-state index contributed by atoms with van der Waals surface area (Å²) in [6.07, 6.45) is 0.0504. The van der Waals surface area contributed by atoms with Gasteiger partial charge in [0.15, 0.2) is 6.61 Å². The predicted octanol–water partition coefficient (Wildman–Crippen LogP) is 0.243. The molecule has 0 spiro atoms. The summed E-state index contributed by atoms with van der Waals surface area (Å²) in [6, 6.07) is 0. The predicted molar refractivity (Wildman–Crippen MR) is 33.9 cm³/mol.